The molecule has 0 spiro atoms. The van der Waals surface area contributed by atoms with E-state index in [4.69, 9.17) is 0 Å². The van der Waals surface area contributed by atoms with E-state index >= 15 is 0 Å². The van der Waals surface area contributed by atoms with Gasteiger partial charge in [-0.15, -0.1) is 10.2 Å². The fraction of sp³-hybridized carbons (Fsp3) is 0.348. The molecular weight excluding hydrogens is 380 g/mol. The molecule has 3 rings (SSSR count). The third-order valence-electron chi connectivity index (χ3n) is 4.65. The Kier molecular flexibility index (Phi) is 7.09. The first-order valence-electron chi connectivity index (χ1n) is 9.95. The number of rotatable bonds is 8. The van der Waals surface area contributed by atoms with Crippen LogP contribution in [0, 0.1) is 0 Å². The Morgan fingerprint density at radius 2 is 1.52 bits per heavy atom. The average Bonchev–Trinajstić information content (AvgIpc) is 3.09. The van der Waals surface area contributed by atoms with Crippen molar-refractivity contribution in [2.24, 2.45) is 0 Å². The smallest absolute Gasteiger partial charge is 0.233 e. The van der Waals surface area contributed by atoms with Crippen molar-refractivity contribution in [2.75, 3.05) is 5.75 Å². The van der Waals surface area contributed by atoms with Gasteiger partial charge in [0.25, 0.3) is 0 Å². The van der Waals surface area contributed by atoms with Crippen molar-refractivity contribution in [3.8, 4) is 5.69 Å². The minimum Gasteiger partial charge on any atom is -0.337 e. The van der Waals surface area contributed by atoms with Gasteiger partial charge in [0.15, 0.2) is 5.16 Å². The second-order valence-electron chi connectivity index (χ2n) is 7.51. The quantitative estimate of drug-likeness (QED) is 0.511. The van der Waals surface area contributed by atoms with Crippen LogP contribution in [-0.2, 0) is 11.2 Å². The van der Waals surface area contributed by atoms with Gasteiger partial charge in [-0.25, -0.2) is 0 Å². The Bertz CT molecular complexity index is 915. The van der Waals surface area contributed by atoms with Gasteiger partial charge in [0, 0.05) is 24.2 Å². The van der Waals surface area contributed by atoms with Crippen LogP contribution in [0.15, 0.2) is 65.8 Å². The van der Waals surface area contributed by atoms with Crippen LogP contribution in [0.4, 0.5) is 0 Å². The van der Waals surface area contributed by atoms with E-state index in [-0.39, 0.29) is 18.0 Å². The molecule has 0 aliphatic rings. The second kappa shape index (κ2) is 9.74. The van der Waals surface area contributed by atoms with Gasteiger partial charge in [0.05, 0.1) is 5.75 Å². The summed E-state index contributed by atoms with van der Waals surface area (Å²) in [6.45, 7) is 8.19. The minimum atomic E-state index is 0.118. The number of benzene rings is 2. The lowest BCUT2D eigenvalue weighted by Crippen LogP contribution is -2.43. The van der Waals surface area contributed by atoms with Crippen LogP contribution >= 0.6 is 11.8 Å². The summed E-state index contributed by atoms with van der Waals surface area (Å²) in [6.07, 6.45) is 0.682. The van der Waals surface area contributed by atoms with E-state index in [0.29, 0.717) is 12.2 Å². The molecular formula is C23H28N4OS. The van der Waals surface area contributed by atoms with Gasteiger partial charge in [-0.05, 0) is 45.4 Å². The Balaban J connectivity index is 1.86. The number of para-hydroxylation sites is 1. The van der Waals surface area contributed by atoms with Gasteiger partial charge in [-0.2, -0.15) is 0 Å². The van der Waals surface area contributed by atoms with E-state index in [1.165, 1.54) is 17.3 Å². The first-order valence-corrected chi connectivity index (χ1v) is 10.9. The maximum atomic E-state index is 12.8. The molecule has 6 heteroatoms. The maximum absolute atomic E-state index is 12.8. The van der Waals surface area contributed by atoms with Crippen molar-refractivity contribution in [1.82, 2.24) is 19.7 Å². The number of carbonyl (C=O) groups excluding carboxylic acids is 1. The SMILES string of the molecule is CC(C)N(C(=O)CSc1nnc(Cc2ccccc2)n1-c1ccccc1)C(C)C. The summed E-state index contributed by atoms with van der Waals surface area (Å²) >= 11 is 1.44. The number of hydrogen-bond acceptors (Lipinski definition) is 4. The third kappa shape index (κ3) is 5.26. The van der Waals surface area contributed by atoms with Crippen molar-refractivity contribution >= 4 is 17.7 Å². The Labute approximate surface area is 177 Å². The average molecular weight is 409 g/mol. The third-order valence-corrected chi connectivity index (χ3v) is 5.56. The standard InChI is InChI=1S/C23H28N4OS/c1-17(2)26(18(3)4)22(28)16-29-23-25-24-21(15-19-11-7-5-8-12-19)27(23)20-13-9-6-10-14-20/h5-14,17-18H,15-16H2,1-4H3. The molecule has 29 heavy (non-hydrogen) atoms. The highest BCUT2D eigenvalue weighted by atomic mass is 32.2. The molecule has 2 aromatic carbocycles. The van der Waals surface area contributed by atoms with Gasteiger partial charge in [0.2, 0.25) is 5.91 Å². The zero-order valence-electron chi connectivity index (χ0n) is 17.4. The summed E-state index contributed by atoms with van der Waals surface area (Å²) < 4.78 is 2.06. The molecule has 0 N–H and O–H groups in total. The predicted octanol–water partition coefficient (Wildman–Crippen LogP) is 4.60. The molecule has 0 radical (unpaired) electrons. The first-order chi connectivity index (χ1) is 14.0. The predicted molar refractivity (Wildman–Crippen MR) is 118 cm³/mol. The Morgan fingerprint density at radius 1 is 0.931 bits per heavy atom. The molecule has 0 saturated heterocycles. The Morgan fingerprint density at radius 3 is 2.10 bits per heavy atom. The van der Waals surface area contributed by atoms with Crippen LogP contribution in [0.2, 0.25) is 0 Å². The molecule has 0 aliphatic carbocycles. The zero-order valence-corrected chi connectivity index (χ0v) is 18.3. The summed E-state index contributed by atoms with van der Waals surface area (Å²) in [6, 6.07) is 20.6. The van der Waals surface area contributed by atoms with Crippen LogP contribution in [0.25, 0.3) is 5.69 Å². The topological polar surface area (TPSA) is 51.0 Å². The molecule has 5 nitrogen and oxygen atoms in total. The highest BCUT2D eigenvalue weighted by molar-refractivity contribution is 7.99. The number of amides is 1. The largest absolute Gasteiger partial charge is 0.337 e. The molecule has 152 valence electrons. The van der Waals surface area contributed by atoms with Crippen molar-refractivity contribution in [3.05, 3.63) is 72.1 Å². The molecule has 0 fully saturated rings. The van der Waals surface area contributed by atoms with Crippen LogP contribution in [0.5, 0.6) is 0 Å². The molecule has 0 bridgehead atoms. The van der Waals surface area contributed by atoms with Gasteiger partial charge in [-0.1, -0.05) is 60.3 Å². The summed E-state index contributed by atoms with van der Waals surface area (Å²) in [5.41, 5.74) is 2.18. The summed E-state index contributed by atoms with van der Waals surface area (Å²) in [5, 5.41) is 9.60. The molecule has 1 heterocycles. The Hall–Kier alpha value is -2.60. The molecule has 1 aromatic heterocycles. The fourth-order valence-corrected chi connectivity index (χ4v) is 4.34. The number of aromatic nitrogens is 3. The number of nitrogens with zero attached hydrogens (tertiary/aromatic N) is 4. The van der Waals surface area contributed by atoms with E-state index in [0.717, 1.165) is 16.7 Å². The van der Waals surface area contributed by atoms with Crippen molar-refractivity contribution < 1.29 is 4.79 Å². The van der Waals surface area contributed by atoms with E-state index in [2.05, 4.69) is 26.9 Å². The molecule has 0 unspecified atom stereocenters. The van der Waals surface area contributed by atoms with E-state index in [1.807, 2.05) is 81.1 Å². The van der Waals surface area contributed by atoms with Gasteiger partial charge in [0.1, 0.15) is 5.82 Å². The minimum absolute atomic E-state index is 0.118. The molecule has 0 atom stereocenters. The van der Waals surface area contributed by atoms with Crippen molar-refractivity contribution in [3.63, 3.8) is 0 Å². The summed E-state index contributed by atoms with van der Waals surface area (Å²) in [7, 11) is 0. The van der Waals surface area contributed by atoms with Gasteiger partial charge in [-0.3, -0.25) is 9.36 Å². The summed E-state index contributed by atoms with van der Waals surface area (Å²) in [5.74, 6) is 1.32. The van der Waals surface area contributed by atoms with E-state index in [1.54, 1.807) is 0 Å². The maximum Gasteiger partial charge on any atom is 0.233 e. The highest BCUT2D eigenvalue weighted by Crippen LogP contribution is 2.24. The number of thioether (sulfide) groups is 1. The van der Waals surface area contributed by atoms with Crippen LogP contribution < -0.4 is 0 Å². The fourth-order valence-electron chi connectivity index (χ4n) is 3.50. The molecule has 1 amide bonds. The zero-order chi connectivity index (χ0) is 20.8. The van der Waals surface area contributed by atoms with Crippen LogP contribution in [0.3, 0.4) is 0 Å². The number of carbonyl (C=O) groups is 1. The lowest BCUT2D eigenvalue weighted by molar-refractivity contribution is -0.131. The number of hydrogen-bond donors (Lipinski definition) is 0. The van der Waals surface area contributed by atoms with Crippen molar-refractivity contribution in [2.45, 2.75) is 51.4 Å². The van der Waals surface area contributed by atoms with Crippen LogP contribution in [0.1, 0.15) is 39.1 Å². The molecule has 3 aromatic rings. The normalized spacial score (nSPS) is 11.2. The van der Waals surface area contributed by atoms with E-state index in [9.17, 15) is 4.79 Å². The van der Waals surface area contributed by atoms with Crippen molar-refractivity contribution in [1.29, 1.82) is 0 Å². The lowest BCUT2D eigenvalue weighted by atomic mass is 10.1. The van der Waals surface area contributed by atoms with Crippen LogP contribution in [-0.4, -0.2) is 43.4 Å². The summed E-state index contributed by atoms with van der Waals surface area (Å²) in [4.78, 5) is 14.7. The first kappa shape index (κ1) is 21.1. The van der Waals surface area contributed by atoms with E-state index < -0.39 is 0 Å². The second-order valence-corrected chi connectivity index (χ2v) is 8.45. The van der Waals surface area contributed by atoms with Gasteiger partial charge >= 0.3 is 0 Å². The monoisotopic (exact) mass is 408 g/mol. The highest BCUT2D eigenvalue weighted by Gasteiger charge is 2.22. The van der Waals surface area contributed by atoms with Gasteiger partial charge < -0.3 is 4.90 Å². The molecule has 0 saturated carbocycles. The molecule has 0 aliphatic heterocycles. The lowest BCUT2D eigenvalue weighted by Gasteiger charge is -2.30.